The molecule has 1 saturated heterocycles. The lowest BCUT2D eigenvalue weighted by atomic mass is 9.94. The second-order valence-electron chi connectivity index (χ2n) is 7.64. The Morgan fingerprint density at radius 3 is 2.59 bits per heavy atom. The molecule has 1 aromatic rings. The fraction of sp³-hybridized carbons (Fsp3) is 0.611. The van der Waals surface area contributed by atoms with Crippen molar-refractivity contribution in [1.29, 1.82) is 0 Å². The van der Waals surface area contributed by atoms with Crippen LogP contribution in [0, 0.1) is 11.7 Å². The first-order chi connectivity index (χ1) is 12.7. The molecule has 0 amide bonds. The zero-order valence-electron chi connectivity index (χ0n) is 15.2. The van der Waals surface area contributed by atoms with Crippen molar-refractivity contribution in [2.24, 2.45) is 10.9 Å². The number of alkyl halides is 3. The van der Waals surface area contributed by atoms with Gasteiger partial charge in [-0.15, -0.1) is 0 Å². The van der Waals surface area contributed by atoms with Crippen LogP contribution in [0.25, 0.3) is 0 Å². The van der Waals surface area contributed by atoms with Gasteiger partial charge in [-0.25, -0.2) is 9.38 Å². The Hall–Kier alpha value is -1.48. The molecule has 27 heavy (non-hydrogen) atoms. The number of aliphatic imine (C=N–C) groups is 1. The van der Waals surface area contributed by atoms with Gasteiger partial charge in [-0.3, -0.25) is 0 Å². The average molecular weight is 402 g/mol. The van der Waals surface area contributed by atoms with Gasteiger partial charge in [0.25, 0.3) is 0 Å². The van der Waals surface area contributed by atoms with E-state index < -0.39 is 18.0 Å². The highest BCUT2D eigenvalue weighted by molar-refractivity contribution is 7.98. The van der Waals surface area contributed by atoms with Gasteiger partial charge >= 0.3 is 6.18 Å². The van der Waals surface area contributed by atoms with Crippen molar-refractivity contribution in [3.8, 4) is 0 Å². The minimum atomic E-state index is -4.39. The second kappa shape index (κ2) is 6.84. The molecule has 4 nitrogen and oxygen atoms in total. The van der Waals surface area contributed by atoms with Crippen LogP contribution in [0.3, 0.4) is 0 Å². The molecule has 2 aliphatic heterocycles. The predicted molar refractivity (Wildman–Crippen MR) is 99.1 cm³/mol. The molecule has 9 heteroatoms. The second-order valence-corrected chi connectivity index (χ2v) is 8.49. The van der Waals surface area contributed by atoms with E-state index in [1.165, 1.54) is 29.0 Å². The molecule has 1 saturated carbocycles. The van der Waals surface area contributed by atoms with E-state index >= 15 is 0 Å². The standard InChI is InChI=1S/C18H22F4N4S/c1-25(2)12-5-6-26(15(9-12)18(20,21)22)13-7-11(19)8-14-16(13)23-17(24-27-14)10-3-4-10/h7-8,10,12,15H,3-6,9H2,1-2H3,(H,23,24)/t12-,15+/m1/s1. The molecule has 0 bridgehead atoms. The summed E-state index contributed by atoms with van der Waals surface area (Å²) in [4.78, 5) is 8.27. The first-order valence-corrected chi connectivity index (χ1v) is 9.90. The number of benzene rings is 1. The van der Waals surface area contributed by atoms with Crippen LogP contribution in [0.1, 0.15) is 25.7 Å². The van der Waals surface area contributed by atoms with Crippen LogP contribution in [0.4, 0.5) is 28.9 Å². The third-order valence-corrected chi connectivity index (χ3v) is 6.32. The monoisotopic (exact) mass is 402 g/mol. The van der Waals surface area contributed by atoms with E-state index in [-0.39, 0.29) is 24.7 Å². The summed E-state index contributed by atoms with van der Waals surface area (Å²) in [7, 11) is 3.60. The van der Waals surface area contributed by atoms with Gasteiger partial charge in [0.1, 0.15) is 23.4 Å². The first kappa shape index (κ1) is 18.9. The molecule has 1 aromatic carbocycles. The summed E-state index contributed by atoms with van der Waals surface area (Å²) in [6.07, 6.45) is -1.78. The maximum Gasteiger partial charge on any atom is 0.408 e. The SMILES string of the molecule is CN(C)[C@@H]1CCN(c2cc(F)cc3c2N=C(C2CC2)NS3)[C@H](C(F)(F)F)C1. The van der Waals surface area contributed by atoms with Crippen molar-refractivity contribution in [2.75, 3.05) is 25.5 Å². The van der Waals surface area contributed by atoms with E-state index in [9.17, 15) is 17.6 Å². The molecule has 0 spiro atoms. The summed E-state index contributed by atoms with van der Waals surface area (Å²) in [5.41, 5.74) is 0.705. The van der Waals surface area contributed by atoms with Crippen molar-refractivity contribution >= 4 is 29.2 Å². The Kier molecular flexibility index (Phi) is 4.78. The van der Waals surface area contributed by atoms with Crippen LogP contribution < -0.4 is 9.62 Å². The van der Waals surface area contributed by atoms with Gasteiger partial charge in [0.2, 0.25) is 0 Å². The lowest BCUT2D eigenvalue weighted by Gasteiger charge is -2.44. The largest absolute Gasteiger partial charge is 0.408 e. The smallest absolute Gasteiger partial charge is 0.358 e. The van der Waals surface area contributed by atoms with Crippen LogP contribution in [-0.4, -0.2) is 49.6 Å². The van der Waals surface area contributed by atoms with Gasteiger partial charge in [-0.1, -0.05) is 0 Å². The van der Waals surface area contributed by atoms with E-state index in [2.05, 4.69) is 9.71 Å². The molecular formula is C18H22F4N4S. The Morgan fingerprint density at radius 1 is 1.22 bits per heavy atom. The topological polar surface area (TPSA) is 30.9 Å². The predicted octanol–water partition coefficient (Wildman–Crippen LogP) is 4.34. The molecule has 2 heterocycles. The molecule has 148 valence electrons. The third kappa shape index (κ3) is 3.76. The normalized spacial score (nSPS) is 25.9. The van der Waals surface area contributed by atoms with Crippen LogP contribution in [0.2, 0.25) is 0 Å². The molecule has 4 rings (SSSR count). The first-order valence-electron chi connectivity index (χ1n) is 9.09. The number of halogens is 4. The van der Waals surface area contributed by atoms with Crippen LogP contribution in [-0.2, 0) is 0 Å². The highest BCUT2D eigenvalue weighted by Crippen LogP contribution is 2.46. The fourth-order valence-corrected chi connectivity index (χ4v) is 4.61. The number of anilines is 1. The average Bonchev–Trinajstić information content (AvgIpc) is 3.44. The fourth-order valence-electron chi connectivity index (χ4n) is 3.77. The summed E-state index contributed by atoms with van der Waals surface area (Å²) in [6.45, 7) is 0.218. The number of piperidine rings is 1. The number of hydrogen-bond donors (Lipinski definition) is 1. The van der Waals surface area contributed by atoms with Crippen LogP contribution in [0.5, 0.6) is 0 Å². The van der Waals surface area contributed by atoms with Crippen molar-refractivity contribution in [2.45, 2.75) is 48.8 Å². The summed E-state index contributed by atoms with van der Waals surface area (Å²) in [5, 5.41) is 0. The molecule has 0 unspecified atom stereocenters. The van der Waals surface area contributed by atoms with Crippen LogP contribution >= 0.6 is 11.9 Å². The molecule has 1 aliphatic carbocycles. The van der Waals surface area contributed by atoms with Gasteiger partial charge in [-0.05, 0) is 63.9 Å². The van der Waals surface area contributed by atoms with Crippen LogP contribution in [0.15, 0.2) is 22.0 Å². The molecule has 3 aliphatic rings. The van der Waals surface area contributed by atoms with Crippen molar-refractivity contribution in [3.63, 3.8) is 0 Å². The van der Waals surface area contributed by atoms with Gasteiger partial charge < -0.3 is 14.5 Å². The third-order valence-electron chi connectivity index (χ3n) is 5.47. The Morgan fingerprint density at radius 2 is 1.96 bits per heavy atom. The Labute approximate surface area is 160 Å². The number of nitrogens with zero attached hydrogens (tertiary/aromatic N) is 3. The maximum atomic E-state index is 14.2. The molecular weight excluding hydrogens is 380 g/mol. The van der Waals surface area contributed by atoms with Gasteiger partial charge in [0.05, 0.1) is 10.6 Å². The van der Waals surface area contributed by atoms with Crippen molar-refractivity contribution in [3.05, 3.63) is 17.9 Å². The maximum absolute atomic E-state index is 14.2. The Balaban J connectivity index is 1.75. The highest BCUT2D eigenvalue weighted by atomic mass is 32.2. The molecule has 0 radical (unpaired) electrons. The summed E-state index contributed by atoms with van der Waals surface area (Å²) < 4.78 is 58.9. The molecule has 0 aromatic heterocycles. The summed E-state index contributed by atoms with van der Waals surface area (Å²) >= 11 is 1.23. The Bertz CT molecular complexity index is 760. The van der Waals surface area contributed by atoms with Gasteiger partial charge in [-0.2, -0.15) is 13.2 Å². The summed E-state index contributed by atoms with van der Waals surface area (Å²) in [5.74, 6) is 0.576. The lowest BCUT2D eigenvalue weighted by molar-refractivity contribution is -0.156. The number of amidine groups is 1. The van der Waals surface area contributed by atoms with E-state index in [0.717, 1.165) is 18.7 Å². The summed E-state index contributed by atoms with van der Waals surface area (Å²) in [6, 6.07) is 0.731. The minimum absolute atomic E-state index is 0.0353. The van der Waals surface area contributed by atoms with E-state index in [1.807, 2.05) is 4.90 Å². The number of hydrogen-bond acceptors (Lipinski definition) is 5. The van der Waals surface area contributed by atoms with E-state index in [4.69, 9.17) is 0 Å². The molecule has 1 N–H and O–H groups in total. The van der Waals surface area contributed by atoms with Crippen molar-refractivity contribution < 1.29 is 17.6 Å². The highest BCUT2D eigenvalue weighted by Gasteiger charge is 2.48. The zero-order valence-corrected chi connectivity index (χ0v) is 16.0. The lowest BCUT2D eigenvalue weighted by Crippen LogP contribution is -2.54. The van der Waals surface area contributed by atoms with Gasteiger partial charge in [0, 0.05) is 18.5 Å². The minimum Gasteiger partial charge on any atom is -0.358 e. The van der Waals surface area contributed by atoms with Crippen molar-refractivity contribution in [1.82, 2.24) is 9.62 Å². The number of fused-ring (bicyclic) bond motifs is 1. The number of rotatable bonds is 3. The van der Waals surface area contributed by atoms with E-state index in [0.29, 0.717) is 22.9 Å². The molecule has 2 atom stereocenters. The van der Waals surface area contributed by atoms with E-state index in [1.54, 1.807) is 14.1 Å². The quantitative estimate of drug-likeness (QED) is 0.602. The van der Waals surface area contributed by atoms with Gasteiger partial charge in [0.15, 0.2) is 0 Å². The number of nitrogens with one attached hydrogen (secondary N) is 1. The zero-order chi connectivity index (χ0) is 19.3. The molecule has 2 fully saturated rings.